The molecule has 0 aromatic heterocycles. The fourth-order valence-electron chi connectivity index (χ4n) is 1.97. The first-order valence-corrected chi connectivity index (χ1v) is 5.36. The van der Waals surface area contributed by atoms with Gasteiger partial charge in [0.15, 0.2) is 0 Å². The molecule has 0 heterocycles. The van der Waals surface area contributed by atoms with Crippen molar-refractivity contribution in [2.75, 3.05) is 20.3 Å². The molecule has 1 N–H and O–H groups in total. The topological polar surface area (TPSA) is 29.5 Å². The second-order valence-corrected chi connectivity index (χ2v) is 4.08. The van der Waals surface area contributed by atoms with E-state index in [0.29, 0.717) is 12.5 Å². The highest BCUT2D eigenvalue weighted by molar-refractivity contribution is 5.29. The molecular formula is C13H20O2. The van der Waals surface area contributed by atoms with Gasteiger partial charge in [-0.3, -0.25) is 0 Å². The van der Waals surface area contributed by atoms with Gasteiger partial charge in [-0.1, -0.05) is 31.2 Å². The predicted octanol–water partition coefficient (Wildman–Crippen LogP) is 2.35. The van der Waals surface area contributed by atoms with Crippen LogP contribution in [-0.4, -0.2) is 25.4 Å². The summed E-state index contributed by atoms with van der Waals surface area (Å²) in [6, 6.07) is 8.21. The van der Waals surface area contributed by atoms with Crippen LogP contribution in [0.5, 0.6) is 0 Å². The van der Waals surface area contributed by atoms with Crippen molar-refractivity contribution >= 4 is 0 Å². The van der Waals surface area contributed by atoms with Gasteiger partial charge in [0.2, 0.25) is 0 Å². The van der Waals surface area contributed by atoms with Crippen LogP contribution in [0.15, 0.2) is 24.3 Å². The molecule has 0 saturated heterocycles. The SMILES string of the molecule is COCC(C)C(CO)c1ccccc1C. The summed E-state index contributed by atoms with van der Waals surface area (Å²) < 4.78 is 5.14. The zero-order valence-corrected chi connectivity index (χ0v) is 9.73. The van der Waals surface area contributed by atoms with Crippen molar-refractivity contribution in [3.63, 3.8) is 0 Å². The van der Waals surface area contributed by atoms with Crippen LogP contribution in [0.3, 0.4) is 0 Å². The third-order valence-electron chi connectivity index (χ3n) is 2.90. The molecular weight excluding hydrogens is 188 g/mol. The number of rotatable bonds is 5. The number of hydrogen-bond acceptors (Lipinski definition) is 2. The van der Waals surface area contributed by atoms with E-state index < -0.39 is 0 Å². The highest BCUT2D eigenvalue weighted by Crippen LogP contribution is 2.26. The van der Waals surface area contributed by atoms with Gasteiger partial charge in [0.1, 0.15) is 0 Å². The Labute approximate surface area is 91.9 Å². The van der Waals surface area contributed by atoms with E-state index in [0.717, 1.165) is 0 Å². The molecule has 2 nitrogen and oxygen atoms in total. The lowest BCUT2D eigenvalue weighted by atomic mass is 9.86. The van der Waals surface area contributed by atoms with Crippen molar-refractivity contribution in [3.05, 3.63) is 35.4 Å². The second kappa shape index (κ2) is 5.89. The molecule has 0 fully saturated rings. The average Bonchev–Trinajstić information content (AvgIpc) is 2.22. The van der Waals surface area contributed by atoms with Crippen LogP contribution < -0.4 is 0 Å². The third kappa shape index (κ3) is 3.05. The predicted molar refractivity (Wildman–Crippen MR) is 62.0 cm³/mol. The van der Waals surface area contributed by atoms with Gasteiger partial charge in [0.05, 0.1) is 6.61 Å². The smallest absolute Gasteiger partial charge is 0.0503 e. The van der Waals surface area contributed by atoms with Gasteiger partial charge in [0.25, 0.3) is 0 Å². The molecule has 1 rings (SSSR count). The Morgan fingerprint density at radius 3 is 2.53 bits per heavy atom. The lowest BCUT2D eigenvalue weighted by molar-refractivity contribution is 0.125. The van der Waals surface area contributed by atoms with E-state index in [9.17, 15) is 5.11 Å². The molecule has 0 aliphatic rings. The van der Waals surface area contributed by atoms with Gasteiger partial charge in [-0.15, -0.1) is 0 Å². The normalized spacial score (nSPS) is 14.9. The average molecular weight is 208 g/mol. The molecule has 15 heavy (non-hydrogen) atoms. The number of aryl methyl sites for hydroxylation is 1. The maximum absolute atomic E-state index is 9.45. The molecule has 0 bridgehead atoms. The van der Waals surface area contributed by atoms with E-state index in [4.69, 9.17) is 4.74 Å². The van der Waals surface area contributed by atoms with Crippen LogP contribution >= 0.6 is 0 Å². The van der Waals surface area contributed by atoms with E-state index in [1.54, 1.807) is 7.11 Å². The number of aliphatic hydroxyl groups excluding tert-OH is 1. The van der Waals surface area contributed by atoms with E-state index >= 15 is 0 Å². The molecule has 0 saturated carbocycles. The van der Waals surface area contributed by atoms with E-state index in [1.165, 1.54) is 11.1 Å². The summed E-state index contributed by atoms with van der Waals surface area (Å²) in [5, 5.41) is 9.45. The van der Waals surface area contributed by atoms with Gasteiger partial charge in [-0.05, 0) is 24.0 Å². The summed E-state index contributed by atoms with van der Waals surface area (Å²) in [4.78, 5) is 0. The first-order valence-electron chi connectivity index (χ1n) is 5.36. The number of aliphatic hydroxyl groups is 1. The Bertz CT molecular complexity index is 296. The summed E-state index contributed by atoms with van der Waals surface area (Å²) in [5.74, 6) is 0.507. The summed E-state index contributed by atoms with van der Waals surface area (Å²) in [6.07, 6.45) is 0. The minimum absolute atomic E-state index is 0.172. The molecule has 0 aliphatic heterocycles. The fraction of sp³-hybridized carbons (Fsp3) is 0.538. The Morgan fingerprint density at radius 1 is 1.33 bits per heavy atom. The van der Waals surface area contributed by atoms with Crippen molar-refractivity contribution < 1.29 is 9.84 Å². The summed E-state index contributed by atoms with van der Waals surface area (Å²) in [6.45, 7) is 5.04. The van der Waals surface area contributed by atoms with Crippen LogP contribution in [0, 0.1) is 12.8 Å². The molecule has 0 amide bonds. The lowest BCUT2D eigenvalue weighted by Crippen LogP contribution is -2.19. The molecule has 0 aliphatic carbocycles. The largest absolute Gasteiger partial charge is 0.396 e. The molecule has 1 aromatic carbocycles. The van der Waals surface area contributed by atoms with Gasteiger partial charge in [-0.2, -0.15) is 0 Å². The van der Waals surface area contributed by atoms with E-state index in [1.807, 2.05) is 12.1 Å². The monoisotopic (exact) mass is 208 g/mol. The van der Waals surface area contributed by atoms with E-state index in [2.05, 4.69) is 26.0 Å². The minimum atomic E-state index is 0.172. The molecule has 0 radical (unpaired) electrons. The Balaban J connectivity index is 2.87. The van der Waals surface area contributed by atoms with Crippen molar-refractivity contribution in [2.24, 2.45) is 5.92 Å². The number of methoxy groups -OCH3 is 1. The standard InChI is InChI=1S/C13H20O2/c1-10-6-4-5-7-12(10)13(8-14)11(2)9-15-3/h4-7,11,13-14H,8-9H2,1-3H3. The number of hydrogen-bond donors (Lipinski definition) is 1. The Kier molecular flexibility index (Phi) is 4.79. The first-order chi connectivity index (χ1) is 7.20. The summed E-state index contributed by atoms with van der Waals surface area (Å²) >= 11 is 0. The molecule has 2 atom stereocenters. The first kappa shape index (κ1) is 12.2. The van der Waals surface area contributed by atoms with Crippen molar-refractivity contribution in [1.82, 2.24) is 0 Å². The molecule has 0 spiro atoms. The van der Waals surface area contributed by atoms with Crippen LogP contribution in [-0.2, 0) is 4.74 Å². The molecule has 1 aromatic rings. The van der Waals surface area contributed by atoms with E-state index in [-0.39, 0.29) is 12.5 Å². The molecule has 84 valence electrons. The number of ether oxygens (including phenoxy) is 1. The summed E-state index contributed by atoms with van der Waals surface area (Å²) in [5.41, 5.74) is 2.46. The van der Waals surface area contributed by atoms with Crippen molar-refractivity contribution in [3.8, 4) is 0 Å². The highest BCUT2D eigenvalue weighted by Gasteiger charge is 2.19. The van der Waals surface area contributed by atoms with Crippen molar-refractivity contribution in [1.29, 1.82) is 0 Å². The zero-order valence-electron chi connectivity index (χ0n) is 9.73. The zero-order chi connectivity index (χ0) is 11.3. The lowest BCUT2D eigenvalue weighted by Gasteiger charge is -2.23. The molecule has 2 heteroatoms. The third-order valence-corrected chi connectivity index (χ3v) is 2.90. The quantitative estimate of drug-likeness (QED) is 0.805. The highest BCUT2D eigenvalue weighted by atomic mass is 16.5. The Morgan fingerprint density at radius 2 is 2.00 bits per heavy atom. The summed E-state index contributed by atoms with van der Waals surface area (Å²) in [7, 11) is 1.70. The van der Waals surface area contributed by atoms with Gasteiger partial charge in [-0.25, -0.2) is 0 Å². The molecule has 2 unspecified atom stereocenters. The van der Waals surface area contributed by atoms with Crippen LogP contribution in [0.2, 0.25) is 0 Å². The van der Waals surface area contributed by atoms with Crippen LogP contribution in [0.4, 0.5) is 0 Å². The second-order valence-electron chi connectivity index (χ2n) is 4.08. The Hall–Kier alpha value is -0.860. The van der Waals surface area contributed by atoms with Crippen LogP contribution in [0.25, 0.3) is 0 Å². The van der Waals surface area contributed by atoms with Gasteiger partial charge < -0.3 is 9.84 Å². The maximum atomic E-state index is 9.45. The van der Waals surface area contributed by atoms with Gasteiger partial charge >= 0.3 is 0 Å². The maximum Gasteiger partial charge on any atom is 0.0503 e. The van der Waals surface area contributed by atoms with Crippen molar-refractivity contribution in [2.45, 2.75) is 19.8 Å². The van der Waals surface area contributed by atoms with Gasteiger partial charge in [0, 0.05) is 19.6 Å². The van der Waals surface area contributed by atoms with Crippen LogP contribution in [0.1, 0.15) is 24.0 Å². The number of benzene rings is 1. The fourth-order valence-corrected chi connectivity index (χ4v) is 1.97. The minimum Gasteiger partial charge on any atom is -0.396 e.